The molecule has 2 aromatic carbocycles. The molecule has 3 aromatic rings. The Morgan fingerprint density at radius 3 is 2.43 bits per heavy atom. The summed E-state index contributed by atoms with van der Waals surface area (Å²) in [4.78, 5) is 24.8. The number of carbonyl (C=O) groups is 2. The van der Waals surface area contributed by atoms with Crippen LogP contribution in [0.5, 0.6) is 5.75 Å². The molecule has 10 nitrogen and oxygen atoms in total. The first kappa shape index (κ1) is 24.4. The Labute approximate surface area is 203 Å². The molecule has 1 amide bonds. The lowest BCUT2D eigenvalue weighted by Gasteiger charge is -2.14. The molecule has 0 spiro atoms. The van der Waals surface area contributed by atoms with Crippen molar-refractivity contribution in [1.82, 2.24) is 14.5 Å². The van der Waals surface area contributed by atoms with Crippen LogP contribution < -0.4 is 14.8 Å². The summed E-state index contributed by atoms with van der Waals surface area (Å²) in [6, 6.07) is 15.7. The van der Waals surface area contributed by atoms with E-state index in [4.69, 9.17) is 9.47 Å². The average Bonchev–Trinajstić information content (AvgIpc) is 3.63. The third kappa shape index (κ3) is 6.06. The topological polar surface area (TPSA) is 129 Å². The molecule has 0 saturated heterocycles. The van der Waals surface area contributed by atoms with E-state index < -0.39 is 34.5 Å². The van der Waals surface area contributed by atoms with Gasteiger partial charge in [-0.2, -0.15) is 9.82 Å². The average molecular weight is 499 g/mol. The summed E-state index contributed by atoms with van der Waals surface area (Å²) in [5.74, 6) is -0.101. The van der Waals surface area contributed by atoms with Crippen molar-refractivity contribution in [3.05, 3.63) is 66.4 Å². The van der Waals surface area contributed by atoms with Crippen LogP contribution in [0.1, 0.15) is 31.4 Å². The normalized spacial score (nSPS) is 14.2. The zero-order valence-corrected chi connectivity index (χ0v) is 20.1. The van der Waals surface area contributed by atoms with Gasteiger partial charge in [0.25, 0.3) is 5.91 Å². The number of benzene rings is 2. The molecule has 1 aromatic heterocycles. The minimum Gasteiger partial charge on any atom is -0.497 e. The predicted octanol–water partition coefficient (Wildman–Crippen LogP) is 2.61. The second kappa shape index (κ2) is 10.3. The monoisotopic (exact) mass is 498 g/mol. The van der Waals surface area contributed by atoms with E-state index in [1.54, 1.807) is 4.68 Å². The van der Waals surface area contributed by atoms with Crippen LogP contribution in [0, 0.1) is 0 Å². The second-order valence-electron chi connectivity index (χ2n) is 8.15. The van der Waals surface area contributed by atoms with Gasteiger partial charge in [-0.25, -0.2) is 13.1 Å². The molecule has 0 radical (unpaired) electrons. The molecule has 1 aliphatic rings. The number of hydrogen-bond acceptors (Lipinski definition) is 7. The first-order chi connectivity index (χ1) is 16.8. The van der Waals surface area contributed by atoms with Crippen molar-refractivity contribution in [2.75, 3.05) is 19.0 Å². The minimum absolute atomic E-state index is 0.0312. The third-order valence-electron chi connectivity index (χ3n) is 5.39. The van der Waals surface area contributed by atoms with Crippen molar-refractivity contribution in [2.45, 2.75) is 36.6 Å². The van der Waals surface area contributed by atoms with E-state index >= 15 is 0 Å². The third-order valence-corrected chi connectivity index (χ3v) is 6.95. The zero-order valence-electron chi connectivity index (χ0n) is 19.3. The van der Waals surface area contributed by atoms with E-state index in [1.165, 1.54) is 38.3 Å². The summed E-state index contributed by atoms with van der Waals surface area (Å²) in [7, 11) is -2.50. The largest absolute Gasteiger partial charge is 0.497 e. The van der Waals surface area contributed by atoms with E-state index in [1.807, 2.05) is 36.4 Å². The van der Waals surface area contributed by atoms with Gasteiger partial charge in [0.2, 0.25) is 10.0 Å². The molecule has 0 unspecified atom stereocenters. The molecular weight excluding hydrogens is 472 g/mol. The Kier molecular flexibility index (Phi) is 7.17. The van der Waals surface area contributed by atoms with Gasteiger partial charge >= 0.3 is 5.97 Å². The number of anilines is 1. The lowest BCUT2D eigenvalue weighted by Crippen LogP contribution is -2.40. The quantitative estimate of drug-likeness (QED) is 0.411. The molecule has 1 atom stereocenters. The van der Waals surface area contributed by atoms with E-state index in [-0.39, 0.29) is 4.90 Å². The summed E-state index contributed by atoms with van der Waals surface area (Å²) in [5.41, 5.74) is 1.68. The highest BCUT2D eigenvalue weighted by Gasteiger charge is 2.28. The number of para-hydroxylation sites is 1. The number of nitrogens with one attached hydrogen (secondary N) is 2. The number of rotatable bonds is 10. The fourth-order valence-electron chi connectivity index (χ4n) is 3.38. The Balaban J connectivity index is 1.35. The predicted molar refractivity (Wildman–Crippen MR) is 128 cm³/mol. The van der Waals surface area contributed by atoms with E-state index in [0.717, 1.165) is 24.2 Å². The van der Waals surface area contributed by atoms with Crippen LogP contribution in [0.15, 0.2) is 65.6 Å². The maximum Gasteiger partial charge on any atom is 0.324 e. The summed E-state index contributed by atoms with van der Waals surface area (Å²) in [5, 5.41) is 7.33. The number of carbonyl (C=O) groups excluding carboxylic acids is 2. The smallest absolute Gasteiger partial charge is 0.324 e. The molecule has 4 rings (SSSR count). The van der Waals surface area contributed by atoms with Gasteiger partial charge in [0, 0.05) is 12.0 Å². The second-order valence-corrected chi connectivity index (χ2v) is 9.86. The molecule has 0 bridgehead atoms. The number of aromatic nitrogens is 2. The van der Waals surface area contributed by atoms with Gasteiger partial charge in [-0.05, 0) is 56.2 Å². The Morgan fingerprint density at radius 1 is 1.11 bits per heavy atom. The number of hydrogen-bond donors (Lipinski definition) is 2. The lowest BCUT2D eigenvalue weighted by molar-refractivity contribution is -0.148. The fourth-order valence-corrected chi connectivity index (χ4v) is 4.57. The molecule has 0 aliphatic heterocycles. The van der Waals surface area contributed by atoms with Gasteiger partial charge < -0.3 is 14.8 Å². The maximum atomic E-state index is 12.5. The Morgan fingerprint density at radius 2 is 1.80 bits per heavy atom. The number of ether oxygens (including phenoxy) is 2. The molecule has 1 fully saturated rings. The van der Waals surface area contributed by atoms with Crippen molar-refractivity contribution >= 4 is 27.7 Å². The Bertz CT molecular complexity index is 1300. The lowest BCUT2D eigenvalue weighted by atomic mass is 10.3. The summed E-state index contributed by atoms with van der Waals surface area (Å²) in [6.07, 6.45) is 2.11. The van der Waals surface area contributed by atoms with Gasteiger partial charge in [-0.1, -0.05) is 18.2 Å². The highest BCUT2D eigenvalue weighted by molar-refractivity contribution is 7.89. The van der Waals surface area contributed by atoms with Crippen LogP contribution >= 0.6 is 0 Å². The molecule has 1 saturated carbocycles. The number of esters is 1. The number of methoxy groups -OCH3 is 1. The molecular formula is C24H26N4O6S. The van der Waals surface area contributed by atoms with Crippen LogP contribution in [0.3, 0.4) is 0 Å². The highest BCUT2D eigenvalue weighted by atomic mass is 32.2. The Hall–Kier alpha value is -3.70. The van der Waals surface area contributed by atoms with Crippen LogP contribution in [0.2, 0.25) is 0 Å². The highest BCUT2D eigenvalue weighted by Crippen LogP contribution is 2.40. The number of amides is 1. The minimum atomic E-state index is -3.97. The van der Waals surface area contributed by atoms with Crippen molar-refractivity contribution in [1.29, 1.82) is 0 Å². The van der Waals surface area contributed by atoms with Crippen molar-refractivity contribution in [2.24, 2.45) is 0 Å². The van der Waals surface area contributed by atoms with Crippen LogP contribution in [-0.2, 0) is 24.3 Å². The first-order valence-corrected chi connectivity index (χ1v) is 12.5. The standard InChI is InChI=1S/C24H26N4O6S/c1-16(27-35(31,32)20-12-10-19(33-2)11-13-20)24(30)34-15-23(29)25-22-14-21(17-8-9-17)26-28(22)18-6-4-3-5-7-18/h3-7,10-14,16-17,27H,8-9,15H2,1-2H3,(H,25,29)/t16-/m0/s1. The summed E-state index contributed by atoms with van der Waals surface area (Å²) < 4.78 is 39.0. The van der Waals surface area contributed by atoms with Crippen LogP contribution in [0.4, 0.5) is 5.82 Å². The van der Waals surface area contributed by atoms with Crippen molar-refractivity contribution in [3.63, 3.8) is 0 Å². The van der Waals surface area contributed by atoms with Gasteiger partial charge in [0.1, 0.15) is 17.6 Å². The summed E-state index contributed by atoms with van der Waals surface area (Å²) >= 11 is 0. The first-order valence-electron chi connectivity index (χ1n) is 11.0. The number of nitrogens with zero attached hydrogens (tertiary/aromatic N) is 2. The molecule has 1 heterocycles. The number of sulfonamides is 1. The van der Waals surface area contributed by atoms with Gasteiger partial charge in [-0.3, -0.25) is 9.59 Å². The maximum absolute atomic E-state index is 12.5. The van der Waals surface area contributed by atoms with Gasteiger partial charge in [-0.15, -0.1) is 0 Å². The fraction of sp³-hybridized carbons (Fsp3) is 0.292. The van der Waals surface area contributed by atoms with Gasteiger partial charge in [0.15, 0.2) is 6.61 Å². The van der Waals surface area contributed by atoms with Crippen molar-refractivity contribution < 1.29 is 27.5 Å². The van der Waals surface area contributed by atoms with E-state index in [9.17, 15) is 18.0 Å². The summed E-state index contributed by atoms with van der Waals surface area (Å²) in [6.45, 7) is 0.764. The van der Waals surface area contributed by atoms with Crippen LogP contribution in [-0.4, -0.2) is 49.8 Å². The molecule has 184 valence electrons. The molecule has 35 heavy (non-hydrogen) atoms. The van der Waals surface area contributed by atoms with Gasteiger partial charge in [0.05, 0.1) is 23.4 Å². The SMILES string of the molecule is COc1ccc(S(=O)(=O)N[C@@H](C)C(=O)OCC(=O)Nc2cc(C3CC3)nn2-c2ccccc2)cc1. The van der Waals surface area contributed by atoms with E-state index in [2.05, 4.69) is 15.1 Å². The molecule has 1 aliphatic carbocycles. The molecule has 11 heteroatoms. The van der Waals surface area contributed by atoms with Crippen LogP contribution in [0.25, 0.3) is 5.69 Å². The van der Waals surface area contributed by atoms with E-state index in [0.29, 0.717) is 17.5 Å². The van der Waals surface area contributed by atoms with Crippen molar-refractivity contribution in [3.8, 4) is 11.4 Å². The molecule has 2 N–H and O–H groups in total. The zero-order chi connectivity index (χ0) is 25.0.